The Kier molecular flexibility index (Phi) is 1.43. The van der Waals surface area contributed by atoms with E-state index in [9.17, 15) is 9.18 Å². The fraction of sp³-hybridized carbons (Fsp3) is 0. The number of rotatable bonds is 0. The van der Waals surface area contributed by atoms with Gasteiger partial charge < -0.3 is 4.42 Å². The molecule has 0 atom stereocenters. The minimum Gasteiger partial charge on any atom is -0.423 e. The minimum atomic E-state index is -0.449. The van der Waals surface area contributed by atoms with Gasteiger partial charge in [0.1, 0.15) is 11.6 Å². The number of fused-ring (bicyclic) bond motifs is 1. The van der Waals surface area contributed by atoms with E-state index in [4.69, 9.17) is 4.42 Å². The Labute approximate surface area is 67.6 Å². The second-order valence-corrected chi connectivity index (χ2v) is 2.44. The molecule has 60 valence electrons. The summed E-state index contributed by atoms with van der Waals surface area (Å²) in [6.07, 6.45) is 0. The molecule has 0 amide bonds. The Bertz CT molecular complexity index is 433. The maximum absolute atomic E-state index is 12.7. The lowest BCUT2D eigenvalue weighted by molar-refractivity contribution is 0.539. The Morgan fingerprint density at radius 1 is 1.25 bits per heavy atom. The summed E-state index contributed by atoms with van der Waals surface area (Å²) in [5.74, 6) is -0.137. The molecule has 3 heteroatoms. The molecule has 1 aliphatic carbocycles. The topological polar surface area (TPSA) is 30.2 Å². The second kappa shape index (κ2) is 2.44. The van der Waals surface area contributed by atoms with Crippen LogP contribution in [0.5, 0.6) is 0 Å². The van der Waals surface area contributed by atoms with Crippen molar-refractivity contribution in [2.24, 2.45) is 0 Å². The standard InChI is InChI=1S/C9H5FO2/c10-7-3-1-2-6-4-9(11)12-8(6)5-7/h1-5H. The van der Waals surface area contributed by atoms with Crippen LogP contribution in [0, 0.1) is 5.82 Å². The van der Waals surface area contributed by atoms with Crippen molar-refractivity contribution >= 4 is 0 Å². The van der Waals surface area contributed by atoms with Gasteiger partial charge in [-0.3, -0.25) is 0 Å². The third-order valence-corrected chi connectivity index (χ3v) is 1.57. The summed E-state index contributed by atoms with van der Waals surface area (Å²) in [7, 11) is 0. The molecule has 2 aliphatic rings. The highest BCUT2D eigenvalue weighted by Crippen LogP contribution is 2.18. The monoisotopic (exact) mass is 164 g/mol. The average Bonchev–Trinajstić information content (AvgIpc) is 2.23. The van der Waals surface area contributed by atoms with Crippen molar-refractivity contribution in [3.05, 3.63) is 46.6 Å². The lowest BCUT2D eigenvalue weighted by atomic mass is 10.2. The van der Waals surface area contributed by atoms with E-state index in [1.54, 1.807) is 6.07 Å². The van der Waals surface area contributed by atoms with Crippen molar-refractivity contribution in [3.8, 4) is 11.3 Å². The smallest absolute Gasteiger partial charge is 0.336 e. The highest BCUT2D eigenvalue weighted by atomic mass is 19.1. The Morgan fingerprint density at radius 2 is 2.08 bits per heavy atom. The number of furan rings is 1. The van der Waals surface area contributed by atoms with E-state index >= 15 is 0 Å². The second-order valence-electron chi connectivity index (χ2n) is 2.44. The first-order valence-corrected chi connectivity index (χ1v) is 3.45. The van der Waals surface area contributed by atoms with E-state index in [0.717, 1.165) is 0 Å². The normalized spacial score (nSPS) is 10.4. The van der Waals surface area contributed by atoms with Crippen LogP contribution in [0.15, 0.2) is 39.5 Å². The van der Waals surface area contributed by atoms with Crippen LogP contribution < -0.4 is 5.63 Å². The molecule has 1 heterocycles. The molecule has 12 heavy (non-hydrogen) atoms. The summed E-state index contributed by atoms with van der Waals surface area (Å²) in [5, 5.41) is 0. The summed E-state index contributed by atoms with van der Waals surface area (Å²) < 4.78 is 17.4. The molecule has 0 radical (unpaired) electrons. The zero-order valence-corrected chi connectivity index (χ0v) is 6.08. The van der Waals surface area contributed by atoms with E-state index in [-0.39, 0.29) is 5.76 Å². The highest BCUT2D eigenvalue weighted by molar-refractivity contribution is 5.57. The molecule has 0 aromatic carbocycles. The largest absolute Gasteiger partial charge is 0.423 e. The third-order valence-electron chi connectivity index (χ3n) is 1.57. The van der Waals surface area contributed by atoms with Gasteiger partial charge in [-0.05, 0) is 6.07 Å². The summed E-state index contributed by atoms with van der Waals surface area (Å²) >= 11 is 0. The molecule has 0 fully saturated rings. The molecule has 2 nitrogen and oxygen atoms in total. The first-order chi connectivity index (χ1) is 5.75. The van der Waals surface area contributed by atoms with Crippen molar-refractivity contribution in [1.82, 2.24) is 0 Å². The minimum absolute atomic E-state index is 0.280. The predicted octanol–water partition coefficient (Wildman–Crippen LogP) is 1.88. The molecule has 2 rings (SSSR count). The summed E-state index contributed by atoms with van der Waals surface area (Å²) in [5.41, 5.74) is 0.166. The summed E-state index contributed by atoms with van der Waals surface area (Å²) in [6.45, 7) is 0. The van der Waals surface area contributed by atoms with Crippen molar-refractivity contribution in [3.63, 3.8) is 0 Å². The first-order valence-electron chi connectivity index (χ1n) is 3.45. The number of halogens is 1. The quantitative estimate of drug-likeness (QED) is 0.595. The highest BCUT2D eigenvalue weighted by Gasteiger charge is 2.05. The van der Waals surface area contributed by atoms with Crippen LogP contribution >= 0.6 is 0 Å². The molecule has 0 bridgehead atoms. The lowest BCUT2D eigenvalue weighted by Crippen LogP contribution is -1.83. The summed E-state index contributed by atoms with van der Waals surface area (Å²) in [4.78, 5) is 10.7. The molecule has 0 saturated carbocycles. The van der Waals surface area contributed by atoms with Gasteiger partial charge in [-0.25, -0.2) is 9.18 Å². The third kappa shape index (κ3) is 1.09. The Morgan fingerprint density at radius 3 is 2.92 bits per heavy atom. The van der Waals surface area contributed by atoms with Crippen LogP contribution in [-0.4, -0.2) is 0 Å². The van der Waals surface area contributed by atoms with Crippen LogP contribution in [-0.2, 0) is 0 Å². The van der Waals surface area contributed by atoms with Gasteiger partial charge in [0.2, 0.25) is 0 Å². The molecule has 0 aromatic heterocycles. The molecule has 1 aliphatic heterocycles. The van der Waals surface area contributed by atoms with Crippen molar-refractivity contribution in [2.45, 2.75) is 0 Å². The van der Waals surface area contributed by atoms with Gasteiger partial charge in [-0.2, -0.15) is 0 Å². The van der Waals surface area contributed by atoms with Gasteiger partial charge in [-0.15, -0.1) is 0 Å². The van der Waals surface area contributed by atoms with E-state index in [2.05, 4.69) is 0 Å². The SMILES string of the molecule is O=c1cc2cccc(F)cc-2o1. The van der Waals surface area contributed by atoms with Crippen LogP contribution in [0.1, 0.15) is 0 Å². The van der Waals surface area contributed by atoms with Gasteiger partial charge in [0.05, 0.1) is 0 Å². The maximum atomic E-state index is 12.7. The van der Waals surface area contributed by atoms with Gasteiger partial charge in [-0.1, -0.05) is 12.1 Å². The van der Waals surface area contributed by atoms with Gasteiger partial charge in [0.25, 0.3) is 0 Å². The Hall–Kier alpha value is -1.64. The molecule has 0 spiro atoms. The molecule has 0 unspecified atom stereocenters. The van der Waals surface area contributed by atoms with Crippen LogP contribution in [0.25, 0.3) is 11.3 Å². The number of hydrogen-bond donors (Lipinski definition) is 0. The molecular weight excluding hydrogens is 159 g/mol. The van der Waals surface area contributed by atoms with Crippen molar-refractivity contribution < 1.29 is 8.81 Å². The Balaban J connectivity index is 2.81. The lowest BCUT2D eigenvalue weighted by Gasteiger charge is -1.83. The molecule has 0 saturated heterocycles. The molecule has 0 N–H and O–H groups in total. The van der Waals surface area contributed by atoms with Gasteiger partial charge >= 0.3 is 5.63 Å². The fourth-order valence-corrected chi connectivity index (χ4v) is 1.05. The zero-order valence-electron chi connectivity index (χ0n) is 6.08. The zero-order chi connectivity index (χ0) is 8.55. The van der Waals surface area contributed by atoms with E-state index in [0.29, 0.717) is 5.56 Å². The van der Waals surface area contributed by atoms with E-state index in [1.807, 2.05) is 0 Å². The summed E-state index contributed by atoms with van der Waals surface area (Å²) in [6, 6.07) is 6.99. The van der Waals surface area contributed by atoms with Crippen LogP contribution in [0.2, 0.25) is 0 Å². The fourth-order valence-electron chi connectivity index (χ4n) is 1.05. The van der Waals surface area contributed by atoms with Crippen molar-refractivity contribution in [2.75, 3.05) is 0 Å². The predicted molar refractivity (Wildman–Crippen MR) is 41.6 cm³/mol. The molecular formula is C9H5FO2. The first kappa shape index (κ1) is 7.03. The van der Waals surface area contributed by atoms with Crippen LogP contribution in [0.4, 0.5) is 4.39 Å². The average molecular weight is 164 g/mol. The van der Waals surface area contributed by atoms with E-state index in [1.165, 1.54) is 24.3 Å². The number of hydrogen-bond acceptors (Lipinski definition) is 2. The van der Waals surface area contributed by atoms with Crippen molar-refractivity contribution in [1.29, 1.82) is 0 Å². The van der Waals surface area contributed by atoms with Gasteiger partial charge in [0, 0.05) is 17.7 Å². The maximum Gasteiger partial charge on any atom is 0.336 e. The molecule has 0 aromatic rings. The van der Waals surface area contributed by atoms with Crippen LogP contribution in [0.3, 0.4) is 0 Å². The van der Waals surface area contributed by atoms with Gasteiger partial charge in [0.15, 0.2) is 0 Å². The van der Waals surface area contributed by atoms with E-state index < -0.39 is 11.4 Å².